The van der Waals surface area contributed by atoms with Crippen molar-refractivity contribution in [2.24, 2.45) is 0 Å². The zero-order valence-electron chi connectivity index (χ0n) is 13.3. The summed E-state index contributed by atoms with van der Waals surface area (Å²) in [5.41, 5.74) is 6.36. The van der Waals surface area contributed by atoms with Crippen LogP contribution in [0.4, 0.5) is 0 Å². The monoisotopic (exact) mass is 283 g/mol. The van der Waals surface area contributed by atoms with Crippen molar-refractivity contribution in [1.82, 2.24) is 15.1 Å². The Morgan fingerprint density at radius 1 is 1.19 bits per heavy atom. The van der Waals surface area contributed by atoms with E-state index in [4.69, 9.17) is 0 Å². The van der Waals surface area contributed by atoms with Crippen LogP contribution in [0.5, 0.6) is 0 Å². The Hall–Kier alpha value is -1.61. The van der Waals surface area contributed by atoms with Crippen LogP contribution < -0.4 is 5.32 Å². The predicted molar refractivity (Wildman–Crippen MR) is 86.9 cm³/mol. The standard InChI is InChI=1S/C18H25N3/c1-13-7-6-10-18(14(13)2)21-15(3)16(12-20-21)11-19-17-8-4-5-9-17/h6-7,10,12,17,19H,4-5,8-9,11H2,1-3H3. The summed E-state index contributed by atoms with van der Waals surface area (Å²) < 4.78 is 2.08. The van der Waals surface area contributed by atoms with Crippen molar-refractivity contribution >= 4 is 0 Å². The normalized spacial score (nSPS) is 15.8. The van der Waals surface area contributed by atoms with E-state index in [-0.39, 0.29) is 0 Å². The van der Waals surface area contributed by atoms with Gasteiger partial charge in [0.2, 0.25) is 0 Å². The Balaban J connectivity index is 1.80. The molecule has 0 radical (unpaired) electrons. The molecule has 0 amide bonds. The molecule has 1 fully saturated rings. The van der Waals surface area contributed by atoms with Crippen LogP contribution in [0.15, 0.2) is 24.4 Å². The zero-order valence-corrected chi connectivity index (χ0v) is 13.3. The molecule has 3 heteroatoms. The zero-order chi connectivity index (χ0) is 14.8. The number of nitrogens with zero attached hydrogens (tertiary/aromatic N) is 2. The minimum Gasteiger partial charge on any atom is -0.310 e. The summed E-state index contributed by atoms with van der Waals surface area (Å²) in [6.07, 6.45) is 7.41. The summed E-state index contributed by atoms with van der Waals surface area (Å²) in [5.74, 6) is 0. The third-order valence-corrected chi connectivity index (χ3v) is 4.85. The summed E-state index contributed by atoms with van der Waals surface area (Å²) in [4.78, 5) is 0. The van der Waals surface area contributed by atoms with Crippen LogP contribution in [-0.2, 0) is 6.54 Å². The molecular weight excluding hydrogens is 258 g/mol. The number of aromatic nitrogens is 2. The Morgan fingerprint density at radius 2 is 1.95 bits per heavy atom. The number of aryl methyl sites for hydroxylation is 1. The van der Waals surface area contributed by atoms with Crippen molar-refractivity contribution in [3.05, 3.63) is 46.8 Å². The highest BCUT2D eigenvalue weighted by atomic mass is 15.3. The van der Waals surface area contributed by atoms with Crippen molar-refractivity contribution in [2.45, 2.75) is 59.0 Å². The molecule has 0 aliphatic heterocycles. The molecule has 0 atom stereocenters. The van der Waals surface area contributed by atoms with Gasteiger partial charge in [-0.05, 0) is 50.8 Å². The van der Waals surface area contributed by atoms with E-state index in [1.165, 1.54) is 53.8 Å². The van der Waals surface area contributed by atoms with Crippen LogP contribution in [0.1, 0.15) is 48.1 Å². The first kappa shape index (κ1) is 14.3. The van der Waals surface area contributed by atoms with Gasteiger partial charge in [0.25, 0.3) is 0 Å². The van der Waals surface area contributed by atoms with E-state index in [1.54, 1.807) is 0 Å². The maximum atomic E-state index is 4.61. The smallest absolute Gasteiger partial charge is 0.0680 e. The minimum atomic E-state index is 0.702. The fourth-order valence-corrected chi connectivity index (χ4v) is 3.21. The quantitative estimate of drug-likeness (QED) is 0.924. The number of benzene rings is 1. The maximum Gasteiger partial charge on any atom is 0.0680 e. The van der Waals surface area contributed by atoms with Gasteiger partial charge in [0.05, 0.1) is 11.9 Å². The first-order valence-electron chi connectivity index (χ1n) is 8.00. The Labute approximate surface area is 127 Å². The summed E-state index contributed by atoms with van der Waals surface area (Å²) in [6, 6.07) is 7.11. The highest BCUT2D eigenvalue weighted by Crippen LogP contribution is 2.21. The number of nitrogens with one attached hydrogen (secondary N) is 1. The topological polar surface area (TPSA) is 29.9 Å². The molecule has 3 nitrogen and oxygen atoms in total. The molecule has 3 rings (SSSR count). The Morgan fingerprint density at radius 3 is 2.71 bits per heavy atom. The molecule has 0 spiro atoms. The van der Waals surface area contributed by atoms with Crippen LogP contribution in [0.3, 0.4) is 0 Å². The fraction of sp³-hybridized carbons (Fsp3) is 0.500. The van der Waals surface area contributed by atoms with Crippen LogP contribution in [0, 0.1) is 20.8 Å². The van der Waals surface area contributed by atoms with Crippen molar-refractivity contribution in [2.75, 3.05) is 0 Å². The lowest BCUT2D eigenvalue weighted by atomic mass is 10.1. The second kappa shape index (κ2) is 6.02. The molecule has 2 aromatic rings. The predicted octanol–water partition coefficient (Wildman–Crippen LogP) is 3.83. The van der Waals surface area contributed by atoms with Gasteiger partial charge >= 0.3 is 0 Å². The fourth-order valence-electron chi connectivity index (χ4n) is 3.21. The SMILES string of the molecule is Cc1cccc(-n2ncc(CNC3CCCC3)c2C)c1C. The van der Waals surface area contributed by atoms with Crippen molar-refractivity contribution in [3.8, 4) is 5.69 Å². The van der Waals surface area contributed by atoms with Gasteiger partial charge in [0.1, 0.15) is 0 Å². The van der Waals surface area contributed by atoms with E-state index in [1.807, 2.05) is 6.20 Å². The second-order valence-electron chi connectivity index (χ2n) is 6.25. The van der Waals surface area contributed by atoms with Gasteiger partial charge in [-0.15, -0.1) is 0 Å². The summed E-state index contributed by atoms with van der Waals surface area (Å²) in [5, 5.41) is 8.29. The Bertz CT molecular complexity index is 621. The number of hydrogen-bond acceptors (Lipinski definition) is 2. The molecule has 1 heterocycles. The van der Waals surface area contributed by atoms with Gasteiger partial charge in [0.15, 0.2) is 0 Å². The largest absolute Gasteiger partial charge is 0.310 e. The van der Waals surface area contributed by atoms with Gasteiger partial charge < -0.3 is 5.32 Å². The molecule has 0 unspecified atom stereocenters. The van der Waals surface area contributed by atoms with Gasteiger partial charge in [-0.1, -0.05) is 25.0 Å². The summed E-state index contributed by atoms with van der Waals surface area (Å²) in [7, 11) is 0. The average molecular weight is 283 g/mol. The van der Waals surface area contributed by atoms with Gasteiger partial charge in [-0.2, -0.15) is 5.10 Å². The van der Waals surface area contributed by atoms with E-state index < -0.39 is 0 Å². The van der Waals surface area contributed by atoms with E-state index >= 15 is 0 Å². The maximum absolute atomic E-state index is 4.61. The molecule has 1 aromatic heterocycles. The molecule has 1 aromatic carbocycles. The van der Waals surface area contributed by atoms with Gasteiger partial charge in [-0.25, -0.2) is 4.68 Å². The number of hydrogen-bond donors (Lipinski definition) is 1. The van der Waals surface area contributed by atoms with E-state index in [0.29, 0.717) is 6.04 Å². The lowest BCUT2D eigenvalue weighted by Crippen LogP contribution is -2.25. The summed E-state index contributed by atoms with van der Waals surface area (Å²) >= 11 is 0. The molecule has 112 valence electrons. The molecule has 1 N–H and O–H groups in total. The second-order valence-corrected chi connectivity index (χ2v) is 6.25. The third-order valence-electron chi connectivity index (χ3n) is 4.85. The first-order chi connectivity index (χ1) is 10.2. The van der Waals surface area contributed by atoms with Crippen LogP contribution in [0.25, 0.3) is 5.69 Å². The van der Waals surface area contributed by atoms with Crippen molar-refractivity contribution in [1.29, 1.82) is 0 Å². The van der Waals surface area contributed by atoms with E-state index in [2.05, 4.69) is 54.1 Å². The van der Waals surface area contributed by atoms with Crippen LogP contribution in [-0.4, -0.2) is 15.8 Å². The molecule has 0 bridgehead atoms. The molecule has 1 aliphatic rings. The van der Waals surface area contributed by atoms with Gasteiger partial charge in [-0.3, -0.25) is 0 Å². The van der Waals surface area contributed by atoms with Crippen LogP contribution >= 0.6 is 0 Å². The highest BCUT2D eigenvalue weighted by molar-refractivity contribution is 5.45. The van der Waals surface area contributed by atoms with Crippen molar-refractivity contribution < 1.29 is 0 Å². The molecule has 1 saturated carbocycles. The Kier molecular flexibility index (Phi) is 4.11. The lowest BCUT2D eigenvalue weighted by molar-refractivity contribution is 0.523. The number of rotatable bonds is 4. The molecule has 1 aliphatic carbocycles. The molecule has 21 heavy (non-hydrogen) atoms. The van der Waals surface area contributed by atoms with E-state index in [9.17, 15) is 0 Å². The average Bonchev–Trinajstić information content (AvgIpc) is 3.10. The van der Waals surface area contributed by atoms with Crippen molar-refractivity contribution in [3.63, 3.8) is 0 Å². The third kappa shape index (κ3) is 2.88. The lowest BCUT2D eigenvalue weighted by Gasteiger charge is -2.13. The highest BCUT2D eigenvalue weighted by Gasteiger charge is 2.16. The van der Waals surface area contributed by atoms with Crippen LogP contribution in [0.2, 0.25) is 0 Å². The summed E-state index contributed by atoms with van der Waals surface area (Å²) in [6.45, 7) is 7.42. The minimum absolute atomic E-state index is 0.702. The van der Waals surface area contributed by atoms with Gasteiger partial charge in [0, 0.05) is 23.8 Å². The molecular formula is C18H25N3. The van der Waals surface area contributed by atoms with E-state index in [0.717, 1.165) is 6.54 Å². The first-order valence-corrected chi connectivity index (χ1v) is 8.00. The molecule has 0 saturated heterocycles.